The minimum absolute atomic E-state index is 0.128. The largest absolute Gasteiger partial charge is 0.494 e. The van der Waals surface area contributed by atoms with E-state index >= 15 is 0 Å². The van der Waals surface area contributed by atoms with Gasteiger partial charge in [-0.15, -0.1) is 11.8 Å². The summed E-state index contributed by atoms with van der Waals surface area (Å²) in [5, 5.41) is 0. The third-order valence-corrected chi connectivity index (χ3v) is 3.72. The topological polar surface area (TPSA) is 26.3 Å². The zero-order valence-electron chi connectivity index (χ0n) is 11.8. The molecule has 0 aliphatic heterocycles. The lowest BCUT2D eigenvalue weighted by molar-refractivity contribution is 0.104. The molecule has 0 atom stereocenters. The molecule has 0 fully saturated rings. The number of allylic oxidation sites excluding steroid dienone is 1. The fraction of sp³-hybridized carbons (Fsp3) is 0.118. The molecular formula is C17H15FO2S. The molecule has 0 bridgehead atoms. The van der Waals surface area contributed by atoms with E-state index in [-0.39, 0.29) is 11.5 Å². The van der Waals surface area contributed by atoms with Crippen LogP contribution < -0.4 is 4.74 Å². The molecule has 0 N–H and O–H groups in total. The van der Waals surface area contributed by atoms with Crippen molar-refractivity contribution in [3.8, 4) is 5.75 Å². The summed E-state index contributed by atoms with van der Waals surface area (Å²) in [5.41, 5.74) is 1.22. The Kier molecular flexibility index (Phi) is 5.17. The highest BCUT2D eigenvalue weighted by molar-refractivity contribution is 7.98. The third kappa shape index (κ3) is 3.95. The van der Waals surface area contributed by atoms with Gasteiger partial charge in [0.15, 0.2) is 17.3 Å². The van der Waals surface area contributed by atoms with Crippen LogP contribution in [0.3, 0.4) is 0 Å². The molecule has 0 aromatic heterocycles. The Morgan fingerprint density at radius 2 is 1.90 bits per heavy atom. The minimum atomic E-state index is -0.541. The van der Waals surface area contributed by atoms with Crippen LogP contribution in [-0.2, 0) is 0 Å². The number of benzene rings is 2. The SMILES string of the molecule is COc1ccc(C(=O)/C=C/c2ccc(SC)cc2)cc1F. The van der Waals surface area contributed by atoms with Crippen molar-refractivity contribution in [1.29, 1.82) is 0 Å². The number of ether oxygens (including phenoxy) is 1. The van der Waals surface area contributed by atoms with E-state index in [4.69, 9.17) is 4.74 Å². The van der Waals surface area contributed by atoms with Crippen molar-refractivity contribution < 1.29 is 13.9 Å². The van der Waals surface area contributed by atoms with Crippen molar-refractivity contribution in [1.82, 2.24) is 0 Å². The Morgan fingerprint density at radius 1 is 1.19 bits per heavy atom. The molecule has 21 heavy (non-hydrogen) atoms. The lowest BCUT2D eigenvalue weighted by atomic mass is 10.1. The second-order valence-corrected chi connectivity index (χ2v) is 5.20. The van der Waals surface area contributed by atoms with Gasteiger partial charge in [-0.25, -0.2) is 4.39 Å². The van der Waals surface area contributed by atoms with Gasteiger partial charge in [0.1, 0.15) is 0 Å². The van der Waals surface area contributed by atoms with Gasteiger partial charge in [0, 0.05) is 10.5 Å². The molecule has 0 saturated heterocycles. The molecule has 0 aliphatic carbocycles. The molecule has 2 aromatic rings. The van der Waals surface area contributed by atoms with Crippen LogP contribution in [0.5, 0.6) is 5.75 Å². The third-order valence-electron chi connectivity index (χ3n) is 2.98. The van der Waals surface area contributed by atoms with E-state index in [1.165, 1.54) is 25.3 Å². The first kappa shape index (κ1) is 15.3. The fourth-order valence-electron chi connectivity index (χ4n) is 1.80. The predicted molar refractivity (Wildman–Crippen MR) is 84.5 cm³/mol. The first-order valence-corrected chi connectivity index (χ1v) is 7.56. The van der Waals surface area contributed by atoms with Gasteiger partial charge in [-0.2, -0.15) is 0 Å². The predicted octanol–water partition coefficient (Wildman–Crippen LogP) is 4.45. The van der Waals surface area contributed by atoms with Crippen LogP contribution in [-0.4, -0.2) is 19.1 Å². The molecule has 0 saturated carbocycles. The van der Waals surface area contributed by atoms with E-state index in [9.17, 15) is 9.18 Å². The molecule has 2 aromatic carbocycles. The highest BCUT2D eigenvalue weighted by Gasteiger charge is 2.07. The minimum Gasteiger partial charge on any atom is -0.494 e. The van der Waals surface area contributed by atoms with Crippen LogP contribution in [0, 0.1) is 5.82 Å². The van der Waals surface area contributed by atoms with Gasteiger partial charge in [-0.05, 0) is 48.2 Å². The van der Waals surface area contributed by atoms with Crippen molar-refractivity contribution in [2.75, 3.05) is 13.4 Å². The van der Waals surface area contributed by atoms with Gasteiger partial charge in [-0.1, -0.05) is 18.2 Å². The Bertz CT molecular complexity index is 663. The summed E-state index contributed by atoms with van der Waals surface area (Å²) < 4.78 is 18.4. The van der Waals surface area contributed by atoms with Crippen LogP contribution in [0.1, 0.15) is 15.9 Å². The smallest absolute Gasteiger partial charge is 0.185 e. The molecule has 0 radical (unpaired) electrons. The lowest BCUT2D eigenvalue weighted by Gasteiger charge is -2.02. The van der Waals surface area contributed by atoms with Gasteiger partial charge in [0.05, 0.1) is 7.11 Å². The van der Waals surface area contributed by atoms with E-state index in [0.717, 1.165) is 10.5 Å². The summed E-state index contributed by atoms with van der Waals surface area (Å²) in [7, 11) is 1.39. The van der Waals surface area contributed by atoms with E-state index < -0.39 is 5.82 Å². The number of hydrogen-bond acceptors (Lipinski definition) is 3. The Hall–Kier alpha value is -2.07. The molecule has 0 unspecified atom stereocenters. The number of halogens is 1. The van der Waals surface area contributed by atoms with Crippen molar-refractivity contribution in [2.24, 2.45) is 0 Å². The Morgan fingerprint density at radius 3 is 2.48 bits per heavy atom. The first-order valence-electron chi connectivity index (χ1n) is 6.34. The highest BCUT2D eigenvalue weighted by Crippen LogP contribution is 2.19. The fourth-order valence-corrected chi connectivity index (χ4v) is 2.21. The average molecular weight is 302 g/mol. The number of carbonyl (C=O) groups excluding carboxylic acids is 1. The molecule has 2 rings (SSSR count). The van der Waals surface area contributed by atoms with Gasteiger partial charge in [0.2, 0.25) is 0 Å². The van der Waals surface area contributed by atoms with Crippen LogP contribution >= 0.6 is 11.8 Å². The maximum Gasteiger partial charge on any atom is 0.185 e. The summed E-state index contributed by atoms with van der Waals surface area (Å²) >= 11 is 1.66. The number of thioether (sulfide) groups is 1. The van der Waals surface area contributed by atoms with Crippen LogP contribution in [0.25, 0.3) is 6.08 Å². The van der Waals surface area contributed by atoms with E-state index in [2.05, 4.69) is 0 Å². The molecule has 2 nitrogen and oxygen atoms in total. The molecule has 0 spiro atoms. The lowest BCUT2D eigenvalue weighted by Crippen LogP contribution is -1.97. The van der Waals surface area contributed by atoms with Gasteiger partial charge in [0.25, 0.3) is 0 Å². The second-order valence-electron chi connectivity index (χ2n) is 4.32. The molecule has 0 aliphatic rings. The van der Waals surface area contributed by atoms with Crippen molar-refractivity contribution >= 4 is 23.6 Å². The van der Waals surface area contributed by atoms with Crippen molar-refractivity contribution in [3.05, 3.63) is 65.5 Å². The normalized spacial score (nSPS) is 10.8. The number of hydrogen-bond donors (Lipinski definition) is 0. The standard InChI is InChI=1S/C17H15FO2S/c1-20-17-10-6-13(11-15(17)18)16(19)9-5-12-3-7-14(21-2)8-4-12/h3-11H,1-2H3/b9-5+. The number of methoxy groups -OCH3 is 1. The Labute approximate surface area is 127 Å². The van der Waals surface area contributed by atoms with Crippen LogP contribution in [0.2, 0.25) is 0 Å². The first-order chi connectivity index (χ1) is 10.1. The highest BCUT2D eigenvalue weighted by atomic mass is 32.2. The van der Waals surface area contributed by atoms with Crippen LogP contribution in [0.4, 0.5) is 4.39 Å². The quantitative estimate of drug-likeness (QED) is 0.463. The van der Waals surface area contributed by atoms with Crippen molar-refractivity contribution in [2.45, 2.75) is 4.90 Å². The maximum absolute atomic E-state index is 13.6. The molecule has 0 heterocycles. The molecule has 4 heteroatoms. The van der Waals surface area contributed by atoms with Crippen molar-refractivity contribution in [3.63, 3.8) is 0 Å². The Balaban J connectivity index is 2.12. The monoisotopic (exact) mass is 302 g/mol. The van der Waals surface area contributed by atoms with E-state index in [1.807, 2.05) is 30.5 Å². The van der Waals surface area contributed by atoms with E-state index in [0.29, 0.717) is 5.56 Å². The number of carbonyl (C=O) groups is 1. The second kappa shape index (κ2) is 7.09. The summed E-state index contributed by atoms with van der Waals surface area (Å²) in [6.45, 7) is 0. The maximum atomic E-state index is 13.6. The summed E-state index contributed by atoms with van der Waals surface area (Å²) in [5.74, 6) is -0.658. The van der Waals surface area contributed by atoms with Gasteiger partial charge >= 0.3 is 0 Å². The molecule has 0 amide bonds. The van der Waals surface area contributed by atoms with Gasteiger partial charge in [-0.3, -0.25) is 4.79 Å². The number of rotatable bonds is 5. The zero-order valence-corrected chi connectivity index (χ0v) is 12.6. The average Bonchev–Trinajstić information content (AvgIpc) is 2.53. The zero-order chi connectivity index (χ0) is 15.2. The number of ketones is 1. The molecular weight excluding hydrogens is 287 g/mol. The summed E-state index contributed by atoms with van der Waals surface area (Å²) in [6, 6.07) is 12.0. The summed E-state index contributed by atoms with van der Waals surface area (Å²) in [4.78, 5) is 13.2. The van der Waals surface area contributed by atoms with E-state index in [1.54, 1.807) is 23.9 Å². The van der Waals surface area contributed by atoms with Gasteiger partial charge < -0.3 is 4.74 Å². The summed E-state index contributed by atoms with van der Waals surface area (Å²) in [6.07, 6.45) is 5.16. The molecule has 108 valence electrons. The van der Waals surface area contributed by atoms with Crippen LogP contribution in [0.15, 0.2) is 53.4 Å².